The summed E-state index contributed by atoms with van der Waals surface area (Å²) in [6.07, 6.45) is 4.38. The molecule has 1 saturated heterocycles. The van der Waals surface area contributed by atoms with Crippen LogP contribution in [0, 0.1) is 0 Å². The maximum Gasteiger partial charge on any atom is 0.271 e. The van der Waals surface area contributed by atoms with Gasteiger partial charge in [0.1, 0.15) is 5.69 Å². The Morgan fingerprint density at radius 2 is 2.04 bits per heavy atom. The van der Waals surface area contributed by atoms with Crippen molar-refractivity contribution in [1.29, 1.82) is 0 Å². The molecule has 116 valence electrons. The van der Waals surface area contributed by atoms with E-state index in [1.54, 1.807) is 6.20 Å². The first-order valence-electron chi connectivity index (χ1n) is 7.42. The minimum Gasteiger partial charge on any atom is -0.343 e. The summed E-state index contributed by atoms with van der Waals surface area (Å²) >= 11 is 0. The molecule has 0 bridgehead atoms. The topological polar surface area (TPSA) is 87.9 Å². The van der Waals surface area contributed by atoms with E-state index >= 15 is 0 Å². The molecule has 3 heterocycles. The molecule has 2 atom stereocenters. The summed E-state index contributed by atoms with van der Waals surface area (Å²) in [6, 6.07) is 10.1. The normalized spacial score (nSPS) is 20.8. The summed E-state index contributed by atoms with van der Waals surface area (Å²) in [5, 5.41) is 3.99. The van der Waals surface area contributed by atoms with Crippen LogP contribution in [0.1, 0.15) is 33.7 Å². The summed E-state index contributed by atoms with van der Waals surface area (Å²) in [7, 11) is 0. The van der Waals surface area contributed by atoms with Crippen molar-refractivity contribution >= 4 is 5.91 Å². The van der Waals surface area contributed by atoms with Crippen molar-refractivity contribution in [1.82, 2.24) is 25.0 Å². The number of likely N-dealkylation sites (tertiary alicyclic amines) is 1. The molecule has 0 unspecified atom stereocenters. The predicted molar refractivity (Wildman–Crippen MR) is 80.7 cm³/mol. The first-order valence-corrected chi connectivity index (χ1v) is 7.42. The standard InChI is InChI=1S/C16H15N5O2/c22-16(14-6-17-9-18-14)21-7-12(11-4-2-1-3-5-11)13(8-21)15-19-10-23-20-15/h1-6,9-10,12-13H,7-8H2,(H,17,18)/t12-,13+/m1/s1. The molecule has 0 aliphatic carbocycles. The third kappa shape index (κ3) is 2.50. The van der Waals surface area contributed by atoms with Gasteiger partial charge in [-0.25, -0.2) is 4.98 Å². The molecular weight excluding hydrogens is 294 g/mol. The molecule has 4 rings (SSSR count). The fourth-order valence-electron chi connectivity index (χ4n) is 3.15. The van der Waals surface area contributed by atoms with Gasteiger partial charge >= 0.3 is 0 Å². The van der Waals surface area contributed by atoms with E-state index in [1.807, 2.05) is 23.1 Å². The van der Waals surface area contributed by atoms with Gasteiger partial charge < -0.3 is 14.4 Å². The molecule has 0 saturated carbocycles. The molecule has 1 aliphatic heterocycles. The second-order valence-electron chi connectivity index (χ2n) is 5.59. The van der Waals surface area contributed by atoms with Crippen LogP contribution in [0.3, 0.4) is 0 Å². The van der Waals surface area contributed by atoms with Crippen LogP contribution in [0.4, 0.5) is 0 Å². The number of nitrogens with one attached hydrogen (secondary N) is 1. The van der Waals surface area contributed by atoms with Crippen LogP contribution < -0.4 is 0 Å². The lowest BCUT2D eigenvalue weighted by atomic mass is 9.88. The third-order valence-electron chi connectivity index (χ3n) is 4.27. The molecule has 0 spiro atoms. The van der Waals surface area contributed by atoms with Gasteiger partial charge in [0.05, 0.1) is 12.5 Å². The minimum absolute atomic E-state index is 0.0167. The number of nitrogens with zero attached hydrogens (tertiary/aromatic N) is 4. The van der Waals surface area contributed by atoms with Crippen molar-refractivity contribution in [2.45, 2.75) is 11.8 Å². The second kappa shape index (κ2) is 5.68. The highest BCUT2D eigenvalue weighted by atomic mass is 16.5. The van der Waals surface area contributed by atoms with E-state index in [2.05, 4.69) is 32.2 Å². The predicted octanol–water partition coefficient (Wildman–Crippen LogP) is 1.82. The number of rotatable bonds is 3. The van der Waals surface area contributed by atoms with Gasteiger partial charge in [-0.2, -0.15) is 4.98 Å². The summed E-state index contributed by atoms with van der Waals surface area (Å²) in [5.74, 6) is 0.733. The molecule has 0 radical (unpaired) electrons. The number of amides is 1. The number of hydrogen-bond donors (Lipinski definition) is 1. The molecule has 1 aliphatic rings. The highest BCUT2D eigenvalue weighted by Crippen LogP contribution is 2.38. The summed E-state index contributed by atoms with van der Waals surface area (Å²) in [6.45, 7) is 1.16. The zero-order valence-electron chi connectivity index (χ0n) is 12.3. The molecule has 7 heteroatoms. The maximum atomic E-state index is 12.6. The molecule has 7 nitrogen and oxygen atoms in total. The Kier molecular flexibility index (Phi) is 3.38. The van der Waals surface area contributed by atoms with Crippen LogP contribution in [0.5, 0.6) is 0 Å². The largest absolute Gasteiger partial charge is 0.343 e. The average Bonchev–Trinajstić information content (AvgIpc) is 3.35. The van der Waals surface area contributed by atoms with Crippen molar-refractivity contribution < 1.29 is 9.32 Å². The number of carbonyl (C=O) groups excluding carboxylic acids is 1. The third-order valence-corrected chi connectivity index (χ3v) is 4.27. The van der Waals surface area contributed by atoms with Crippen molar-refractivity contribution in [3.8, 4) is 0 Å². The second-order valence-corrected chi connectivity index (χ2v) is 5.59. The highest BCUT2D eigenvalue weighted by molar-refractivity contribution is 5.92. The lowest BCUT2D eigenvalue weighted by molar-refractivity contribution is 0.0783. The van der Waals surface area contributed by atoms with Gasteiger partial charge in [-0.1, -0.05) is 35.5 Å². The van der Waals surface area contributed by atoms with Crippen LogP contribution in [0.2, 0.25) is 0 Å². The number of carbonyl (C=O) groups is 1. The monoisotopic (exact) mass is 309 g/mol. The summed E-state index contributed by atoms with van der Waals surface area (Å²) in [4.78, 5) is 25.4. The summed E-state index contributed by atoms with van der Waals surface area (Å²) in [5.41, 5.74) is 1.66. The van der Waals surface area contributed by atoms with Crippen LogP contribution in [0.25, 0.3) is 0 Å². The van der Waals surface area contributed by atoms with Crippen LogP contribution in [-0.4, -0.2) is 44.0 Å². The molecule has 1 N–H and O–H groups in total. The number of imidazole rings is 1. The SMILES string of the molecule is O=C(c1cnc[nH]1)N1C[C@H](c2ccccc2)[C@@H](c2ncon2)C1. The first-order chi connectivity index (χ1) is 11.3. The van der Waals surface area contributed by atoms with Gasteiger partial charge in [-0.05, 0) is 5.56 Å². The lowest BCUT2D eigenvalue weighted by Crippen LogP contribution is -2.29. The molecular formula is C16H15N5O2. The van der Waals surface area contributed by atoms with E-state index in [1.165, 1.54) is 18.3 Å². The Morgan fingerprint density at radius 3 is 2.74 bits per heavy atom. The number of aromatic nitrogens is 4. The molecule has 3 aromatic rings. The van der Waals surface area contributed by atoms with E-state index in [-0.39, 0.29) is 17.7 Å². The number of aromatic amines is 1. The van der Waals surface area contributed by atoms with Crippen molar-refractivity contribution in [2.24, 2.45) is 0 Å². The molecule has 23 heavy (non-hydrogen) atoms. The maximum absolute atomic E-state index is 12.6. The average molecular weight is 309 g/mol. The first kappa shape index (κ1) is 13.7. The number of hydrogen-bond acceptors (Lipinski definition) is 5. The van der Waals surface area contributed by atoms with E-state index in [9.17, 15) is 4.79 Å². The van der Waals surface area contributed by atoms with E-state index in [0.29, 0.717) is 24.6 Å². The zero-order valence-corrected chi connectivity index (χ0v) is 12.3. The molecule has 1 aromatic carbocycles. The van der Waals surface area contributed by atoms with Crippen LogP contribution >= 0.6 is 0 Å². The van der Waals surface area contributed by atoms with Gasteiger partial charge in [-0.15, -0.1) is 0 Å². The zero-order chi connectivity index (χ0) is 15.6. The van der Waals surface area contributed by atoms with Crippen molar-refractivity contribution in [2.75, 3.05) is 13.1 Å². The smallest absolute Gasteiger partial charge is 0.271 e. The fraction of sp³-hybridized carbons (Fsp3) is 0.250. The Morgan fingerprint density at radius 1 is 1.22 bits per heavy atom. The van der Waals surface area contributed by atoms with Crippen LogP contribution in [-0.2, 0) is 0 Å². The number of H-pyrrole nitrogens is 1. The lowest BCUT2D eigenvalue weighted by Gasteiger charge is -2.15. The van der Waals surface area contributed by atoms with Gasteiger partial charge in [0.2, 0.25) is 6.39 Å². The van der Waals surface area contributed by atoms with Crippen molar-refractivity contribution in [3.63, 3.8) is 0 Å². The molecule has 1 amide bonds. The molecule has 2 aromatic heterocycles. The van der Waals surface area contributed by atoms with Gasteiger partial charge in [-0.3, -0.25) is 4.79 Å². The van der Waals surface area contributed by atoms with Crippen LogP contribution in [0.15, 0.2) is 53.8 Å². The summed E-state index contributed by atoms with van der Waals surface area (Å²) < 4.78 is 4.90. The Balaban J connectivity index is 1.65. The highest BCUT2D eigenvalue weighted by Gasteiger charge is 2.39. The van der Waals surface area contributed by atoms with Gasteiger partial charge in [0.25, 0.3) is 5.91 Å². The Labute approximate surface area is 132 Å². The number of benzene rings is 1. The van der Waals surface area contributed by atoms with E-state index in [0.717, 1.165) is 0 Å². The quantitative estimate of drug-likeness (QED) is 0.797. The molecule has 1 fully saturated rings. The van der Waals surface area contributed by atoms with E-state index < -0.39 is 0 Å². The minimum atomic E-state index is -0.0607. The van der Waals surface area contributed by atoms with Gasteiger partial charge in [0.15, 0.2) is 5.82 Å². The Hall–Kier alpha value is -2.96. The van der Waals surface area contributed by atoms with Gasteiger partial charge in [0, 0.05) is 24.9 Å². The van der Waals surface area contributed by atoms with E-state index in [4.69, 9.17) is 4.52 Å². The van der Waals surface area contributed by atoms with Crippen molar-refractivity contribution in [3.05, 3.63) is 66.3 Å². The fourth-order valence-corrected chi connectivity index (χ4v) is 3.15. The Bertz CT molecular complexity index is 770.